The summed E-state index contributed by atoms with van der Waals surface area (Å²) in [6.07, 6.45) is -5.20. The molecular formula is C14H12F4N2O3. The van der Waals surface area contributed by atoms with E-state index in [0.29, 0.717) is 12.3 Å². The number of carboxylic acid groups (broad SMARTS) is 1. The Morgan fingerprint density at radius 2 is 2.09 bits per heavy atom. The first-order chi connectivity index (χ1) is 10.6. The van der Waals surface area contributed by atoms with Gasteiger partial charge in [-0.1, -0.05) is 6.58 Å². The van der Waals surface area contributed by atoms with Crippen LogP contribution >= 0.6 is 0 Å². The van der Waals surface area contributed by atoms with Gasteiger partial charge in [-0.2, -0.15) is 18.4 Å². The third kappa shape index (κ3) is 5.60. The van der Waals surface area contributed by atoms with Crippen molar-refractivity contribution in [1.82, 2.24) is 5.32 Å². The lowest BCUT2D eigenvalue weighted by atomic mass is 10.2. The molecule has 2 N–H and O–H groups in total. The Hall–Kier alpha value is -2.60. The van der Waals surface area contributed by atoms with Crippen molar-refractivity contribution in [2.45, 2.75) is 12.3 Å². The molecule has 1 saturated heterocycles. The van der Waals surface area contributed by atoms with Crippen molar-refractivity contribution in [2.75, 3.05) is 13.1 Å². The Kier molecular flexibility index (Phi) is 6.10. The molecule has 1 aliphatic rings. The van der Waals surface area contributed by atoms with Crippen LogP contribution in [0.25, 0.3) is 0 Å². The average molecular weight is 332 g/mol. The zero-order chi connectivity index (χ0) is 17.6. The highest BCUT2D eigenvalue weighted by atomic mass is 19.4. The van der Waals surface area contributed by atoms with Gasteiger partial charge in [0, 0.05) is 19.2 Å². The van der Waals surface area contributed by atoms with E-state index in [4.69, 9.17) is 19.9 Å². The van der Waals surface area contributed by atoms with Crippen LogP contribution < -0.4 is 10.1 Å². The molecule has 0 aliphatic carbocycles. The van der Waals surface area contributed by atoms with Gasteiger partial charge in [-0.05, 0) is 17.7 Å². The first-order valence-electron chi connectivity index (χ1n) is 6.20. The summed E-state index contributed by atoms with van der Waals surface area (Å²) in [5.74, 6) is -2.89. The third-order valence-electron chi connectivity index (χ3n) is 2.72. The summed E-state index contributed by atoms with van der Waals surface area (Å²) in [6, 6.07) is 5.99. The second kappa shape index (κ2) is 7.60. The van der Waals surface area contributed by atoms with Crippen LogP contribution in [-0.4, -0.2) is 36.4 Å². The van der Waals surface area contributed by atoms with Crippen LogP contribution in [0.4, 0.5) is 17.6 Å². The number of halogens is 4. The van der Waals surface area contributed by atoms with Crippen molar-refractivity contribution in [2.24, 2.45) is 0 Å². The Bertz CT molecular complexity index is 638. The highest BCUT2D eigenvalue weighted by Crippen LogP contribution is 2.20. The molecule has 0 amide bonds. The quantitative estimate of drug-likeness (QED) is 0.641. The van der Waals surface area contributed by atoms with Gasteiger partial charge >= 0.3 is 12.1 Å². The molecule has 1 atom stereocenters. The number of ether oxygens (including phenoxy) is 1. The predicted molar refractivity (Wildman–Crippen MR) is 71.2 cm³/mol. The summed E-state index contributed by atoms with van der Waals surface area (Å²) >= 11 is 0. The number of hydrogen-bond acceptors (Lipinski definition) is 4. The lowest BCUT2D eigenvalue weighted by Gasteiger charge is -2.13. The molecule has 5 nitrogen and oxygen atoms in total. The number of aliphatic carboxylic acids is 1. The SMILES string of the molecule is C=C1CNCC1Oc1ccc(C#N)c(F)c1.O=C(O)C(F)(F)F. The predicted octanol–water partition coefficient (Wildman–Crippen LogP) is 2.24. The molecule has 1 fully saturated rings. The van der Waals surface area contributed by atoms with Crippen molar-refractivity contribution in [1.29, 1.82) is 5.26 Å². The second-order valence-corrected chi connectivity index (χ2v) is 4.45. The molecule has 2 rings (SSSR count). The van der Waals surface area contributed by atoms with Crippen molar-refractivity contribution in [3.8, 4) is 11.8 Å². The monoisotopic (exact) mass is 332 g/mol. The van der Waals surface area contributed by atoms with E-state index in [2.05, 4.69) is 11.9 Å². The average Bonchev–Trinajstić information content (AvgIpc) is 2.84. The lowest BCUT2D eigenvalue weighted by Crippen LogP contribution is -2.21. The molecule has 1 aliphatic heterocycles. The number of carboxylic acids is 1. The second-order valence-electron chi connectivity index (χ2n) is 4.45. The van der Waals surface area contributed by atoms with Crippen LogP contribution in [0.2, 0.25) is 0 Å². The minimum absolute atomic E-state index is 0.0238. The van der Waals surface area contributed by atoms with Crippen molar-refractivity contribution in [3.05, 3.63) is 41.7 Å². The maximum Gasteiger partial charge on any atom is 0.490 e. The van der Waals surface area contributed by atoms with E-state index >= 15 is 0 Å². The van der Waals surface area contributed by atoms with E-state index in [1.165, 1.54) is 12.1 Å². The van der Waals surface area contributed by atoms with Crippen LogP contribution in [0.3, 0.4) is 0 Å². The van der Waals surface area contributed by atoms with Crippen molar-refractivity contribution in [3.63, 3.8) is 0 Å². The van der Waals surface area contributed by atoms with E-state index < -0.39 is 18.0 Å². The van der Waals surface area contributed by atoms with Gasteiger partial charge in [0.15, 0.2) is 0 Å². The summed E-state index contributed by atoms with van der Waals surface area (Å²) in [6.45, 7) is 5.26. The van der Waals surface area contributed by atoms with E-state index in [0.717, 1.165) is 12.1 Å². The standard InChI is InChI=1S/C12H11FN2O.C2HF3O2/c1-8-6-15-7-12(8)16-10-3-2-9(5-14)11(13)4-10;3-2(4,5)1(6)7/h2-4,12,15H,1,6-7H2;(H,6,7). The van der Waals surface area contributed by atoms with Crippen LogP contribution in [0.5, 0.6) is 5.75 Å². The molecule has 0 radical (unpaired) electrons. The molecule has 9 heteroatoms. The summed E-state index contributed by atoms with van der Waals surface area (Å²) in [4.78, 5) is 8.90. The minimum Gasteiger partial charge on any atom is -0.485 e. The first kappa shape index (κ1) is 18.4. The van der Waals surface area contributed by atoms with E-state index in [-0.39, 0.29) is 11.7 Å². The summed E-state index contributed by atoms with van der Waals surface area (Å²) in [7, 11) is 0. The van der Waals surface area contributed by atoms with E-state index in [1.54, 1.807) is 12.1 Å². The Balaban J connectivity index is 0.000000322. The number of carbonyl (C=O) groups is 1. The van der Waals surface area contributed by atoms with Gasteiger partial charge < -0.3 is 15.2 Å². The zero-order valence-corrected chi connectivity index (χ0v) is 11.7. The molecule has 1 aromatic rings. The van der Waals surface area contributed by atoms with Crippen molar-refractivity contribution >= 4 is 5.97 Å². The normalized spacial score (nSPS) is 17.0. The number of hydrogen-bond donors (Lipinski definition) is 2. The molecule has 23 heavy (non-hydrogen) atoms. The topological polar surface area (TPSA) is 82.3 Å². The largest absolute Gasteiger partial charge is 0.490 e. The van der Waals surface area contributed by atoms with Gasteiger partial charge in [0.2, 0.25) is 0 Å². The number of rotatable bonds is 2. The summed E-state index contributed by atoms with van der Waals surface area (Å²) < 4.78 is 50.6. The molecule has 124 valence electrons. The van der Waals surface area contributed by atoms with Gasteiger partial charge in [0.05, 0.1) is 5.56 Å². The van der Waals surface area contributed by atoms with E-state index in [9.17, 15) is 17.6 Å². The van der Waals surface area contributed by atoms with Gasteiger partial charge in [-0.25, -0.2) is 9.18 Å². The molecule has 0 saturated carbocycles. The highest BCUT2D eigenvalue weighted by Gasteiger charge is 2.38. The fourth-order valence-corrected chi connectivity index (χ4v) is 1.57. The number of alkyl halides is 3. The maximum atomic E-state index is 13.3. The molecule has 0 bridgehead atoms. The number of benzene rings is 1. The molecule has 1 unspecified atom stereocenters. The highest BCUT2D eigenvalue weighted by molar-refractivity contribution is 5.73. The Morgan fingerprint density at radius 1 is 1.48 bits per heavy atom. The van der Waals surface area contributed by atoms with E-state index in [1.807, 2.05) is 0 Å². The molecule has 1 heterocycles. The van der Waals surface area contributed by atoms with Gasteiger partial charge in [-0.15, -0.1) is 0 Å². The fraction of sp³-hybridized carbons (Fsp3) is 0.286. The van der Waals surface area contributed by atoms with Crippen molar-refractivity contribution < 1.29 is 32.2 Å². The van der Waals surface area contributed by atoms with Crippen LogP contribution in [0.1, 0.15) is 5.56 Å². The van der Waals surface area contributed by atoms with Gasteiger partial charge in [0.25, 0.3) is 0 Å². The number of nitrogens with one attached hydrogen (secondary N) is 1. The van der Waals surface area contributed by atoms with Crippen LogP contribution in [0, 0.1) is 17.1 Å². The van der Waals surface area contributed by atoms with Crippen LogP contribution in [0.15, 0.2) is 30.4 Å². The summed E-state index contributed by atoms with van der Waals surface area (Å²) in [5, 5.41) is 18.8. The Labute approximate surface area is 128 Å². The Morgan fingerprint density at radius 3 is 2.48 bits per heavy atom. The summed E-state index contributed by atoms with van der Waals surface area (Å²) in [5.41, 5.74) is 0.973. The molecular weight excluding hydrogens is 320 g/mol. The minimum atomic E-state index is -5.08. The van der Waals surface area contributed by atoms with Crippen LogP contribution in [-0.2, 0) is 4.79 Å². The zero-order valence-electron chi connectivity index (χ0n) is 11.7. The molecule has 1 aromatic carbocycles. The molecule has 0 spiro atoms. The third-order valence-corrected chi connectivity index (χ3v) is 2.72. The first-order valence-corrected chi connectivity index (χ1v) is 6.20. The fourth-order valence-electron chi connectivity index (χ4n) is 1.57. The molecule has 0 aromatic heterocycles. The number of nitrogens with zero attached hydrogens (tertiary/aromatic N) is 1. The lowest BCUT2D eigenvalue weighted by molar-refractivity contribution is -0.192. The smallest absolute Gasteiger partial charge is 0.485 e. The maximum absolute atomic E-state index is 13.3. The van der Waals surface area contributed by atoms with Gasteiger partial charge in [0.1, 0.15) is 23.7 Å². The number of nitriles is 1. The van der Waals surface area contributed by atoms with Gasteiger partial charge in [-0.3, -0.25) is 0 Å².